The molecule has 0 unspecified atom stereocenters. The summed E-state index contributed by atoms with van der Waals surface area (Å²) in [6.07, 6.45) is 4.26. The Morgan fingerprint density at radius 3 is 2.31 bits per heavy atom. The summed E-state index contributed by atoms with van der Waals surface area (Å²) in [5.74, 6) is -0.0990. The number of nitrogens with zero attached hydrogens (tertiary/aromatic N) is 2. The summed E-state index contributed by atoms with van der Waals surface area (Å²) in [6, 6.07) is 12.8. The second-order valence-corrected chi connectivity index (χ2v) is 8.67. The molecule has 3 rings (SSSR count). The predicted octanol–water partition coefficient (Wildman–Crippen LogP) is 3.25. The highest BCUT2D eigenvalue weighted by molar-refractivity contribution is 7.89. The van der Waals surface area contributed by atoms with Crippen molar-refractivity contribution >= 4 is 26.7 Å². The summed E-state index contributed by atoms with van der Waals surface area (Å²) in [5, 5.41) is 1.87. The van der Waals surface area contributed by atoms with Crippen LogP contribution in [0, 0.1) is 0 Å². The van der Waals surface area contributed by atoms with Crippen LogP contribution in [0.3, 0.4) is 0 Å². The molecule has 0 radical (unpaired) electrons. The van der Waals surface area contributed by atoms with Crippen molar-refractivity contribution in [3.05, 3.63) is 42.5 Å². The van der Waals surface area contributed by atoms with Crippen LogP contribution in [0.4, 0.5) is 0 Å². The van der Waals surface area contributed by atoms with E-state index in [0.29, 0.717) is 0 Å². The van der Waals surface area contributed by atoms with Crippen molar-refractivity contribution in [3.63, 3.8) is 0 Å². The summed E-state index contributed by atoms with van der Waals surface area (Å²) in [5.41, 5.74) is 0. The van der Waals surface area contributed by atoms with Crippen LogP contribution in [0.5, 0.6) is 0 Å². The Balaban J connectivity index is 1.81. The van der Waals surface area contributed by atoms with Crippen molar-refractivity contribution in [1.82, 2.24) is 9.21 Å². The molecule has 0 N–H and O–H groups in total. The number of hydrogen-bond acceptors (Lipinski definition) is 3. The average molecular weight is 375 g/mol. The van der Waals surface area contributed by atoms with Crippen LogP contribution in [0.1, 0.15) is 32.6 Å². The number of amides is 1. The monoisotopic (exact) mass is 374 g/mol. The third-order valence-electron chi connectivity index (χ3n) is 4.98. The van der Waals surface area contributed by atoms with Crippen molar-refractivity contribution in [3.8, 4) is 0 Å². The van der Waals surface area contributed by atoms with Gasteiger partial charge in [-0.2, -0.15) is 4.31 Å². The first-order valence-electron chi connectivity index (χ1n) is 9.29. The molecule has 0 aliphatic carbocycles. The molecule has 2 aromatic rings. The van der Waals surface area contributed by atoms with E-state index in [-0.39, 0.29) is 23.9 Å². The largest absolute Gasteiger partial charge is 0.342 e. The number of carbonyl (C=O) groups is 1. The maximum Gasteiger partial charge on any atom is 0.243 e. The van der Waals surface area contributed by atoms with Gasteiger partial charge in [-0.05, 0) is 35.7 Å². The second-order valence-electron chi connectivity index (χ2n) is 6.74. The lowest BCUT2D eigenvalue weighted by molar-refractivity contribution is -0.131. The Hall–Kier alpha value is -1.92. The number of hydrogen-bond donors (Lipinski definition) is 0. The zero-order valence-electron chi connectivity index (χ0n) is 15.2. The van der Waals surface area contributed by atoms with Crippen molar-refractivity contribution in [1.29, 1.82) is 0 Å². The molecule has 1 fully saturated rings. The molecule has 1 aliphatic heterocycles. The molecular formula is C20H26N2O3S. The van der Waals surface area contributed by atoms with Crippen molar-refractivity contribution in [2.24, 2.45) is 0 Å². The van der Waals surface area contributed by atoms with Gasteiger partial charge in [-0.3, -0.25) is 4.79 Å². The van der Waals surface area contributed by atoms with Crippen LogP contribution in [-0.4, -0.2) is 49.7 Å². The first-order chi connectivity index (χ1) is 12.5. The molecule has 1 saturated heterocycles. The number of rotatable bonds is 5. The minimum absolute atomic E-state index is 0.0916. The van der Waals surface area contributed by atoms with E-state index in [4.69, 9.17) is 0 Å². The van der Waals surface area contributed by atoms with Gasteiger partial charge < -0.3 is 4.90 Å². The van der Waals surface area contributed by atoms with E-state index in [2.05, 4.69) is 0 Å². The maximum atomic E-state index is 13.0. The average Bonchev–Trinajstić information content (AvgIpc) is 2.95. The van der Waals surface area contributed by atoms with Crippen molar-refractivity contribution < 1.29 is 13.2 Å². The number of benzene rings is 2. The van der Waals surface area contributed by atoms with Gasteiger partial charge in [0.15, 0.2) is 0 Å². The van der Waals surface area contributed by atoms with Gasteiger partial charge in [0.1, 0.15) is 0 Å². The van der Waals surface area contributed by atoms with Crippen molar-refractivity contribution in [2.75, 3.05) is 26.2 Å². The molecule has 1 amide bonds. The third kappa shape index (κ3) is 4.07. The molecule has 0 aromatic heterocycles. The molecule has 0 atom stereocenters. The quantitative estimate of drug-likeness (QED) is 0.807. The van der Waals surface area contributed by atoms with Crippen molar-refractivity contribution in [2.45, 2.75) is 37.5 Å². The van der Waals surface area contributed by atoms with Gasteiger partial charge in [0, 0.05) is 19.6 Å². The molecule has 1 aliphatic rings. The lowest BCUT2D eigenvalue weighted by Crippen LogP contribution is -2.43. The second kappa shape index (κ2) is 8.18. The topological polar surface area (TPSA) is 57.7 Å². The van der Waals surface area contributed by atoms with Crippen LogP contribution in [-0.2, 0) is 14.8 Å². The van der Waals surface area contributed by atoms with E-state index in [9.17, 15) is 13.2 Å². The molecule has 2 aromatic carbocycles. The third-order valence-corrected chi connectivity index (χ3v) is 6.90. The summed E-state index contributed by atoms with van der Waals surface area (Å²) < 4.78 is 27.4. The number of carbonyl (C=O) groups excluding carboxylic acids is 1. The van der Waals surface area contributed by atoms with Crippen LogP contribution < -0.4 is 0 Å². The van der Waals surface area contributed by atoms with Gasteiger partial charge in [-0.15, -0.1) is 0 Å². The Morgan fingerprint density at radius 1 is 1.00 bits per heavy atom. The van der Waals surface area contributed by atoms with Crippen LogP contribution >= 0.6 is 0 Å². The molecule has 5 nitrogen and oxygen atoms in total. The Bertz CT molecular complexity index is 872. The SMILES string of the molecule is CCN(CC(=O)N1CCCCCC1)S(=O)(=O)c1ccc2ccccc2c1. The van der Waals surface area contributed by atoms with E-state index in [1.807, 2.05) is 35.2 Å². The predicted molar refractivity (Wildman–Crippen MR) is 103 cm³/mol. The van der Waals surface area contributed by atoms with Gasteiger partial charge in [0.05, 0.1) is 11.4 Å². The van der Waals surface area contributed by atoms with E-state index < -0.39 is 10.0 Å². The molecular weight excluding hydrogens is 348 g/mol. The fraction of sp³-hybridized carbons (Fsp3) is 0.450. The van der Waals surface area contributed by atoms with Crippen LogP contribution in [0.25, 0.3) is 10.8 Å². The lowest BCUT2D eigenvalue weighted by Gasteiger charge is -2.25. The number of likely N-dealkylation sites (N-methyl/N-ethyl adjacent to an activating group) is 1. The normalized spacial score (nSPS) is 16.0. The van der Waals surface area contributed by atoms with Gasteiger partial charge in [-0.1, -0.05) is 50.1 Å². The maximum absolute atomic E-state index is 13.0. The summed E-state index contributed by atoms with van der Waals surface area (Å²) in [4.78, 5) is 14.7. The van der Waals surface area contributed by atoms with E-state index in [0.717, 1.165) is 49.5 Å². The fourth-order valence-corrected chi connectivity index (χ4v) is 4.85. The highest BCUT2D eigenvalue weighted by Gasteiger charge is 2.27. The number of fused-ring (bicyclic) bond motifs is 1. The fourth-order valence-electron chi connectivity index (χ4n) is 3.41. The molecule has 0 bridgehead atoms. The zero-order valence-corrected chi connectivity index (χ0v) is 16.0. The van der Waals surface area contributed by atoms with Crippen LogP contribution in [0.2, 0.25) is 0 Å². The van der Waals surface area contributed by atoms with E-state index in [1.54, 1.807) is 19.1 Å². The first kappa shape index (κ1) is 18.9. The standard InChI is InChI=1S/C20H26N2O3S/c1-2-22(16-20(23)21-13-7-3-4-8-14-21)26(24,25)19-12-11-17-9-5-6-10-18(17)15-19/h5-6,9-12,15H,2-4,7-8,13-14,16H2,1H3. The van der Waals surface area contributed by atoms with Gasteiger partial charge in [0.25, 0.3) is 0 Å². The molecule has 1 heterocycles. The summed E-state index contributed by atoms with van der Waals surface area (Å²) in [6.45, 7) is 3.41. The van der Waals surface area contributed by atoms with E-state index >= 15 is 0 Å². The van der Waals surface area contributed by atoms with Gasteiger partial charge in [0.2, 0.25) is 15.9 Å². The number of sulfonamides is 1. The molecule has 140 valence electrons. The smallest absolute Gasteiger partial charge is 0.243 e. The minimum Gasteiger partial charge on any atom is -0.342 e. The highest BCUT2D eigenvalue weighted by atomic mass is 32.2. The summed E-state index contributed by atoms with van der Waals surface area (Å²) >= 11 is 0. The Kier molecular flexibility index (Phi) is 5.94. The lowest BCUT2D eigenvalue weighted by atomic mass is 10.1. The number of likely N-dealkylation sites (tertiary alicyclic amines) is 1. The Morgan fingerprint density at radius 2 is 1.65 bits per heavy atom. The Labute approximate surface area is 155 Å². The molecule has 0 saturated carbocycles. The summed E-state index contributed by atoms with van der Waals surface area (Å²) in [7, 11) is -3.70. The van der Waals surface area contributed by atoms with Crippen LogP contribution in [0.15, 0.2) is 47.4 Å². The highest BCUT2D eigenvalue weighted by Crippen LogP contribution is 2.22. The van der Waals surface area contributed by atoms with E-state index in [1.165, 1.54) is 4.31 Å². The van der Waals surface area contributed by atoms with Gasteiger partial charge in [-0.25, -0.2) is 8.42 Å². The van der Waals surface area contributed by atoms with Gasteiger partial charge >= 0.3 is 0 Å². The molecule has 6 heteroatoms. The minimum atomic E-state index is -3.70. The molecule has 0 spiro atoms. The molecule has 26 heavy (non-hydrogen) atoms. The first-order valence-corrected chi connectivity index (χ1v) is 10.7. The zero-order chi connectivity index (χ0) is 18.6.